The Labute approximate surface area is 303 Å². The van der Waals surface area contributed by atoms with Gasteiger partial charge in [0.1, 0.15) is 11.4 Å². The SMILES string of the molecule is O=C(CCCCC1SCC2NC(=O)NC21)NCCCCCC(=O)NCCCOc1cccc(C(O)(c2ccccc2)c2ccc(C(=O)O)cc2)c1. The van der Waals surface area contributed by atoms with E-state index in [2.05, 4.69) is 21.3 Å². The first-order valence-electron chi connectivity index (χ1n) is 17.8. The summed E-state index contributed by atoms with van der Waals surface area (Å²) in [6.07, 6.45) is 6.78. The van der Waals surface area contributed by atoms with Crippen LogP contribution in [0.5, 0.6) is 5.75 Å². The maximum atomic E-state index is 12.3. The number of amides is 4. The molecular weight excluding hydrogens is 669 g/mol. The molecule has 0 aliphatic carbocycles. The van der Waals surface area contributed by atoms with E-state index < -0.39 is 11.6 Å². The molecule has 0 saturated carbocycles. The molecule has 272 valence electrons. The van der Waals surface area contributed by atoms with E-state index >= 15 is 0 Å². The van der Waals surface area contributed by atoms with Crippen molar-refractivity contribution >= 4 is 35.6 Å². The van der Waals surface area contributed by atoms with Crippen LogP contribution in [0.3, 0.4) is 0 Å². The molecule has 51 heavy (non-hydrogen) atoms. The van der Waals surface area contributed by atoms with Crippen LogP contribution in [-0.2, 0) is 15.2 Å². The number of nitrogens with one attached hydrogen (secondary N) is 4. The van der Waals surface area contributed by atoms with Gasteiger partial charge in [0.15, 0.2) is 0 Å². The molecule has 0 spiro atoms. The number of benzene rings is 3. The summed E-state index contributed by atoms with van der Waals surface area (Å²) in [5.41, 5.74) is 0.343. The van der Waals surface area contributed by atoms with Crippen LogP contribution in [0.2, 0.25) is 0 Å². The van der Waals surface area contributed by atoms with Gasteiger partial charge in [-0.25, -0.2) is 9.59 Å². The van der Waals surface area contributed by atoms with Crippen molar-refractivity contribution in [1.82, 2.24) is 21.3 Å². The van der Waals surface area contributed by atoms with Crippen molar-refractivity contribution in [1.29, 1.82) is 0 Å². The van der Waals surface area contributed by atoms with Crippen molar-refractivity contribution in [2.45, 2.75) is 80.7 Å². The molecule has 6 N–H and O–H groups in total. The lowest BCUT2D eigenvalue weighted by atomic mass is 9.80. The highest BCUT2D eigenvalue weighted by Crippen LogP contribution is 2.38. The van der Waals surface area contributed by atoms with E-state index in [1.807, 2.05) is 54.2 Å². The fraction of sp³-hybridized carbons (Fsp3) is 0.436. The van der Waals surface area contributed by atoms with Crippen LogP contribution >= 0.6 is 11.8 Å². The Morgan fingerprint density at radius 2 is 1.45 bits per heavy atom. The number of urea groups is 1. The number of ether oxygens (including phenoxy) is 1. The minimum atomic E-state index is -1.54. The van der Waals surface area contributed by atoms with Crippen molar-refractivity contribution in [3.05, 3.63) is 101 Å². The Bertz CT molecular complexity index is 1620. The third-order valence-electron chi connectivity index (χ3n) is 9.39. The second kappa shape index (κ2) is 18.6. The fourth-order valence-electron chi connectivity index (χ4n) is 6.60. The highest BCUT2D eigenvalue weighted by Gasteiger charge is 2.42. The first-order valence-corrected chi connectivity index (χ1v) is 18.9. The van der Waals surface area contributed by atoms with E-state index in [0.29, 0.717) is 66.6 Å². The number of thioether (sulfide) groups is 1. The molecule has 11 nitrogen and oxygen atoms in total. The van der Waals surface area contributed by atoms with Gasteiger partial charge in [-0.2, -0.15) is 11.8 Å². The molecule has 0 bridgehead atoms. The quantitative estimate of drug-likeness (QED) is 0.0543. The topological polar surface area (TPSA) is 166 Å². The third-order valence-corrected chi connectivity index (χ3v) is 10.9. The van der Waals surface area contributed by atoms with Crippen LogP contribution in [0, 0.1) is 0 Å². The predicted octanol–water partition coefficient (Wildman–Crippen LogP) is 4.96. The lowest BCUT2D eigenvalue weighted by Crippen LogP contribution is -2.36. The number of carboxylic acids is 1. The lowest BCUT2D eigenvalue weighted by Gasteiger charge is -2.30. The number of unbranched alkanes of at least 4 members (excludes halogenated alkanes) is 3. The van der Waals surface area contributed by atoms with Gasteiger partial charge >= 0.3 is 12.0 Å². The number of aromatic carboxylic acids is 1. The molecule has 4 unspecified atom stereocenters. The Morgan fingerprint density at radius 1 is 0.784 bits per heavy atom. The first kappa shape index (κ1) is 37.7. The average Bonchev–Trinajstić information content (AvgIpc) is 3.70. The zero-order valence-corrected chi connectivity index (χ0v) is 29.6. The molecule has 2 fully saturated rings. The number of carboxylic acid groups (broad SMARTS) is 1. The monoisotopic (exact) mass is 716 g/mol. The van der Waals surface area contributed by atoms with E-state index in [0.717, 1.165) is 44.3 Å². The third kappa shape index (κ3) is 10.5. The van der Waals surface area contributed by atoms with Crippen LogP contribution in [0.1, 0.15) is 84.8 Å². The summed E-state index contributed by atoms with van der Waals surface area (Å²) in [6.45, 7) is 1.46. The van der Waals surface area contributed by atoms with Gasteiger partial charge in [-0.1, -0.05) is 67.4 Å². The Kier molecular flexibility index (Phi) is 13.8. The molecule has 0 aromatic heterocycles. The van der Waals surface area contributed by atoms with Crippen molar-refractivity contribution in [2.24, 2.45) is 0 Å². The number of hydrogen-bond donors (Lipinski definition) is 6. The molecule has 2 aliphatic heterocycles. The van der Waals surface area contributed by atoms with Crippen LogP contribution in [0.4, 0.5) is 4.79 Å². The Morgan fingerprint density at radius 3 is 2.18 bits per heavy atom. The fourth-order valence-corrected chi connectivity index (χ4v) is 8.14. The Balaban J connectivity index is 0.936. The number of carbonyl (C=O) groups is 4. The van der Waals surface area contributed by atoms with E-state index in [-0.39, 0.29) is 35.5 Å². The molecule has 0 radical (unpaired) electrons. The zero-order valence-electron chi connectivity index (χ0n) is 28.8. The van der Waals surface area contributed by atoms with Gasteiger partial charge in [-0.15, -0.1) is 0 Å². The summed E-state index contributed by atoms with van der Waals surface area (Å²) in [6, 6.07) is 23.0. The maximum absolute atomic E-state index is 12.3. The van der Waals surface area contributed by atoms with Gasteiger partial charge in [-0.3, -0.25) is 9.59 Å². The highest BCUT2D eigenvalue weighted by molar-refractivity contribution is 8.00. The number of hydrogen-bond acceptors (Lipinski definition) is 7. The van der Waals surface area contributed by atoms with Crippen molar-refractivity contribution in [3.63, 3.8) is 0 Å². The van der Waals surface area contributed by atoms with Crippen LogP contribution in [-0.4, -0.2) is 76.8 Å². The molecule has 2 aliphatic rings. The van der Waals surface area contributed by atoms with Gasteiger partial charge in [0, 0.05) is 36.9 Å². The van der Waals surface area contributed by atoms with Crippen LogP contribution in [0.25, 0.3) is 0 Å². The molecule has 5 rings (SSSR count). The molecule has 12 heteroatoms. The molecule has 4 amide bonds. The van der Waals surface area contributed by atoms with Gasteiger partial charge < -0.3 is 36.2 Å². The normalized spacial score (nSPS) is 18.9. The minimum Gasteiger partial charge on any atom is -0.494 e. The second-order valence-electron chi connectivity index (χ2n) is 13.1. The predicted molar refractivity (Wildman–Crippen MR) is 197 cm³/mol. The van der Waals surface area contributed by atoms with E-state index in [1.54, 1.807) is 24.3 Å². The summed E-state index contributed by atoms with van der Waals surface area (Å²) in [5, 5.41) is 33.7. The standard InChI is InChI=1S/C39H48N4O7S/c44-34(16-5-2-8-22-40-35(45)17-7-6-15-33-36-32(26-51-33)42-38(48)43-36)41-23-10-24-50-31-14-9-13-30(25-31)39(49,28-11-3-1-4-12-28)29-20-18-27(19-21-29)37(46)47/h1,3-4,9,11-14,18-21,25,32-33,36,49H,2,5-8,10,15-17,22-24,26H2,(H,40,45)(H,41,44)(H,46,47)(H2,42,43,48). The average molecular weight is 717 g/mol. The van der Waals surface area contributed by atoms with Gasteiger partial charge in [0.2, 0.25) is 11.8 Å². The van der Waals surface area contributed by atoms with E-state index in [1.165, 1.54) is 12.1 Å². The van der Waals surface area contributed by atoms with E-state index in [9.17, 15) is 29.4 Å². The number of carbonyl (C=O) groups excluding carboxylic acids is 3. The Hall–Kier alpha value is -4.55. The summed E-state index contributed by atoms with van der Waals surface area (Å²) in [4.78, 5) is 47.4. The smallest absolute Gasteiger partial charge is 0.335 e. The van der Waals surface area contributed by atoms with Gasteiger partial charge in [0.05, 0.1) is 24.3 Å². The highest BCUT2D eigenvalue weighted by atomic mass is 32.2. The van der Waals surface area contributed by atoms with Crippen molar-refractivity contribution < 1.29 is 34.1 Å². The van der Waals surface area contributed by atoms with Crippen molar-refractivity contribution in [3.8, 4) is 5.75 Å². The number of aliphatic hydroxyl groups is 1. The summed E-state index contributed by atoms with van der Waals surface area (Å²) in [5.74, 6) is 0.534. The van der Waals surface area contributed by atoms with Gasteiger partial charge in [0.25, 0.3) is 0 Å². The zero-order chi connectivity index (χ0) is 36.1. The molecule has 3 aromatic carbocycles. The van der Waals surface area contributed by atoms with Crippen LogP contribution < -0.4 is 26.0 Å². The van der Waals surface area contributed by atoms with E-state index in [4.69, 9.17) is 4.74 Å². The summed E-state index contributed by atoms with van der Waals surface area (Å²) in [7, 11) is 0. The molecule has 2 saturated heterocycles. The van der Waals surface area contributed by atoms with Crippen LogP contribution in [0.15, 0.2) is 78.9 Å². The first-order chi connectivity index (χ1) is 24.7. The van der Waals surface area contributed by atoms with Crippen molar-refractivity contribution in [2.75, 3.05) is 25.4 Å². The number of rotatable bonds is 20. The molecule has 4 atom stereocenters. The van der Waals surface area contributed by atoms with Gasteiger partial charge in [-0.05, 0) is 73.1 Å². The number of fused-ring (bicyclic) bond motifs is 1. The minimum absolute atomic E-state index is 0.0115. The molecular formula is C39H48N4O7S. The second-order valence-corrected chi connectivity index (χ2v) is 14.3. The maximum Gasteiger partial charge on any atom is 0.335 e. The molecule has 2 heterocycles. The lowest BCUT2D eigenvalue weighted by molar-refractivity contribution is -0.122. The summed E-state index contributed by atoms with van der Waals surface area (Å²) < 4.78 is 5.97. The largest absolute Gasteiger partial charge is 0.494 e. The summed E-state index contributed by atoms with van der Waals surface area (Å²) >= 11 is 1.89. The molecule has 3 aromatic rings.